The van der Waals surface area contributed by atoms with Crippen LogP contribution in [0.3, 0.4) is 0 Å². The van der Waals surface area contributed by atoms with E-state index in [-0.39, 0.29) is 11.4 Å². The number of urea groups is 1. The number of nitrogens with one attached hydrogen (secondary N) is 2. The number of carbonyl (C=O) groups is 1. The fourth-order valence-electron chi connectivity index (χ4n) is 2.67. The minimum Gasteiger partial charge on any atom is -0.491 e. The third kappa shape index (κ3) is 5.52. The second-order valence-corrected chi connectivity index (χ2v) is 6.99. The van der Waals surface area contributed by atoms with E-state index in [4.69, 9.17) is 4.74 Å². The van der Waals surface area contributed by atoms with Crippen molar-refractivity contribution in [3.8, 4) is 5.75 Å². The van der Waals surface area contributed by atoms with Gasteiger partial charge < -0.3 is 15.4 Å². The standard InChI is InChI=1S/C21H28N2O2/c1-5-16-10-6-9-13-19(16)25-15-14-22-20(24)23-18-12-8-7-11-17(18)21(2,3)4/h6-13H,5,14-15H2,1-4H3,(H2,22,23,24). The minimum atomic E-state index is -0.218. The Labute approximate surface area is 150 Å². The van der Waals surface area contributed by atoms with Crippen LogP contribution in [0.4, 0.5) is 10.5 Å². The Hall–Kier alpha value is -2.49. The first kappa shape index (κ1) is 18.8. The van der Waals surface area contributed by atoms with Gasteiger partial charge in [0.25, 0.3) is 0 Å². The SMILES string of the molecule is CCc1ccccc1OCCNC(=O)Nc1ccccc1C(C)(C)C. The molecule has 2 N–H and O–H groups in total. The highest BCUT2D eigenvalue weighted by molar-refractivity contribution is 5.90. The Kier molecular flexibility index (Phi) is 6.45. The second-order valence-electron chi connectivity index (χ2n) is 6.99. The van der Waals surface area contributed by atoms with Crippen molar-refractivity contribution >= 4 is 11.7 Å². The molecule has 4 nitrogen and oxygen atoms in total. The molecular weight excluding hydrogens is 312 g/mol. The molecule has 0 saturated carbocycles. The highest BCUT2D eigenvalue weighted by Gasteiger charge is 2.18. The molecule has 0 spiro atoms. The number of hydrogen-bond donors (Lipinski definition) is 2. The molecule has 0 heterocycles. The maximum Gasteiger partial charge on any atom is 0.319 e. The van der Waals surface area contributed by atoms with Gasteiger partial charge in [0.15, 0.2) is 0 Å². The third-order valence-corrected chi connectivity index (χ3v) is 3.98. The molecule has 2 aromatic rings. The van der Waals surface area contributed by atoms with Crippen LogP contribution in [0.15, 0.2) is 48.5 Å². The first-order valence-corrected chi connectivity index (χ1v) is 8.77. The Morgan fingerprint density at radius 2 is 1.72 bits per heavy atom. The maximum absolute atomic E-state index is 12.1. The third-order valence-electron chi connectivity index (χ3n) is 3.98. The predicted molar refractivity (Wildman–Crippen MR) is 103 cm³/mol. The Bertz CT molecular complexity index is 705. The van der Waals surface area contributed by atoms with Crippen molar-refractivity contribution in [2.45, 2.75) is 39.5 Å². The highest BCUT2D eigenvalue weighted by atomic mass is 16.5. The summed E-state index contributed by atoms with van der Waals surface area (Å²) >= 11 is 0. The topological polar surface area (TPSA) is 50.4 Å². The van der Waals surface area contributed by atoms with Crippen LogP contribution in [-0.2, 0) is 11.8 Å². The summed E-state index contributed by atoms with van der Waals surface area (Å²) in [5.41, 5.74) is 3.09. The van der Waals surface area contributed by atoms with E-state index in [1.54, 1.807) is 0 Å². The molecule has 4 heteroatoms. The average molecular weight is 340 g/mol. The van der Waals surface area contributed by atoms with Gasteiger partial charge in [-0.1, -0.05) is 64.1 Å². The number of benzene rings is 2. The number of anilines is 1. The number of rotatable bonds is 6. The molecule has 2 rings (SSSR count). The van der Waals surface area contributed by atoms with Gasteiger partial charge >= 0.3 is 6.03 Å². The van der Waals surface area contributed by atoms with Crippen molar-refractivity contribution in [2.75, 3.05) is 18.5 Å². The maximum atomic E-state index is 12.1. The predicted octanol–water partition coefficient (Wildman–Crippen LogP) is 4.75. The van der Waals surface area contributed by atoms with E-state index >= 15 is 0 Å². The number of ether oxygens (including phenoxy) is 1. The van der Waals surface area contributed by atoms with Gasteiger partial charge in [-0.25, -0.2) is 4.79 Å². The van der Waals surface area contributed by atoms with Crippen LogP contribution in [0.5, 0.6) is 5.75 Å². The summed E-state index contributed by atoms with van der Waals surface area (Å²) in [5, 5.41) is 5.78. The summed E-state index contributed by atoms with van der Waals surface area (Å²) in [7, 11) is 0. The Morgan fingerprint density at radius 3 is 2.44 bits per heavy atom. The van der Waals surface area contributed by atoms with E-state index in [2.05, 4.69) is 44.4 Å². The Balaban J connectivity index is 1.84. The second kappa shape index (κ2) is 8.56. The molecule has 0 bridgehead atoms. The zero-order chi connectivity index (χ0) is 18.3. The van der Waals surface area contributed by atoms with E-state index < -0.39 is 0 Å². The molecule has 25 heavy (non-hydrogen) atoms. The summed E-state index contributed by atoms with van der Waals surface area (Å²) in [6.07, 6.45) is 0.924. The van der Waals surface area contributed by atoms with Crippen molar-refractivity contribution < 1.29 is 9.53 Å². The van der Waals surface area contributed by atoms with E-state index in [0.717, 1.165) is 23.4 Å². The molecule has 0 radical (unpaired) electrons. The zero-order valence-electron chi connectivity index (χ0n) is 15.6. The molecule has 2 aromatic carbocycles. The first-order chi connectivity index (χ1) is 11.9. The first-order valence-electron chi connectivity index (χ1n) is 8.77. The van der Waals surface area contributed by atoms with Crippen LogP contribution in [0.2, 0.25) is 0 Å². The molecule has 134 valence electrons. The normalized spacial score (nSPS) is 11.0. The van der Waals surface area contributed by atoms with Gasteiger partial charge in [0.1, 0.15) is 12.4 Å². The van der Waals surface area contributed by atoms with E-state index in [1.807, 2.05) is 42.5 Å². The molecule has 0 saturated heterocycles. The molecule has 0 unspecified atom stereocenters. The van der Waals surface area contributed by atoms with Crippen molar-refractivity contribution in [2.24, 2.45) is 0 Å². The summed E-state index contributed by atoms with van der Waals surface area (Å²) < 4.78 is 5.76. The molecule has 2 amide bonds. The monoisotopic (exact) mass is 340 g/mol. The van der Waals surface area contributed by atoms with Crippen LogP contribution in [-0.4, -0.2) is 19.2 Å². The lowest BCUT2D eigenvalue weighted by molar-refractivity contribution is 0.247. The lowest BCUT2D eigenvalue weighted by atomic mass is 9.86. The quantitative estimate of drug-likeness (QED) is 0.746. The number of hydrogen-bond acceptors (Lipinski definition) is 2. The minimum absolute atomic E-state index is 0.0309. The number of amides is 2. The van der Waals surface area contributed by atoms with E-state index in [1.165, 1.54) is 5.56 Å². The van der Waals surface area contributed by atoms with Crippen molar-refractivity contribution in [1.82, 2.24) is 5.32 Å². The molecule has 0 aliphatic carbocycles. The lowest BCUT2D eigenvalue weighted by Crippen LogP contribution is -2.33. The zero-order valence-corrected chi connectivity index (χ0v) is 15.6. The molecule has 0 aromatic heterocycles. The van der Waals surface area contributed by atoms with Gasteiger partial charge in [0.05, 0.1) is 6.54 Å². The van der Waals surface area contributed by atoms with Gasteiger partial charge in [0, 0.05) is 5.69 Å². The summed E-state index contributed by atoms with van der Waals surface area (Å²) in [6.45, 7) is 9.37. The highest BCUT2D eigenvalue weighted by Crippen LogP contribution is 2.29. The average Bonchev–Trinajstić information content (AvgIpc) is 2.58. The van der Waals surface area contributed by atoms with Crippen molar-refractivity contribution in [1.29, 1.82) is 0 Å². The lowest BCUT2D eigenvalue weighted by Gasteiger charge is -2.23. The molecule has 0 aliphatic heterocycles. The molecule has 0 aliphatic rings. The van der Waals surface area contributed by atoms with Crippen LogP contribution < -0.4 is 15.4 Å². The smallest absolute Gasteiger partial charge is 0.319 e. The van der Waals surface area contributed by atoms with Gasteiger partial charge in [-0.2, -0.15) is 0 Å². The van der Waals surface area contributed by atoms with Gasteiger partial charge in [-0.05, 0) is 35.1 Å². The summed E-state index contributed by atoms with van der Waals surface area (Å²) in [5.74, 6) is 0.880. The fraction of sp³-hybridized carbons (Fsp3) is 0.381. The van der Waals surface area contributed by atoms with E-state index in [9.17, 15) is 4.79 Å². The van der Waals surface area contributed by atoms with Gasteiger partial charge in [-0.3, -0.25) is 0 Å². The molecular formula is C21H28N2O2. The van der Waals surface area contributed by atoms with E-state index in [0.29, 0.717) is 13.2 Å². The molecule has 0 atom stereocenters. The van der Waals surface area contributed by atoms with Gasteiger partial charge in [-0.15, -0.1) is 0 Å². The van der Waals surface area contributed by atoms with Crippen LogP contribution >= 0.6 is 0 Å². The number of carbonyl (C=O) groups excluding carboxylic acids is 1. The summed E-state index contributed by atoms with van der Waals surface area (Å²) in [6, 6.07) is 15.6. The Morgan fingerprint density at radius 1 is 1.04 bits per heavy atom. The fourth-order valence-corrected chi connectivity index (χ4v) is 2.67. The van der Waals surface area contributed by atoms with Crippen LogP contribution in [0.25, 0.3) is 0 Å². The van der Waals surface area contributed by atoms with Crippen molar-refractivity contribution in [3.05, 3.63) is 59.7 Å². The van der Waals surface area contributed by atoms with Crippen LogP contribution in [0.1, 0.15) is 38.8 Å². The number of aryl methyl sites for hydroxylation is 1. The largest absolute Gasteiger partial charge is 0.491 e. The van der Waals surface area contributed by atoms with Crippen molar-refractivity contribution in [3.63, 3.8) is 0 Å². The van der Waals surface area contributed by atoms with Crippen LogP contribution in [0, 0.1) is 0 Å². The summed E-state index contributed by atoms with van der Waals surface area (Å²) in [4.78, 5) is 12.1. The number of para-hydroxylation sites is 2. The van der Waals surface area contributed by atoms with Gasteiger partial charge in [0.2, 0.25) is 0 Å². The molecule has 0 fully saturated rings.